The van der Waals surface area contributed by atoms with Crippen LogP contribution < -0.4 is 4.74 Å². The van der Waals surface area contributed by atoms with Crippen LogP contribution in [-0.2, 0) is 22.7 Å². The molecule has 0 saturated heterocycles. The minimum absolute atomic E-state index is 0.0418. The van der Waals surface area contributed by atoms with Gasteiger partial charge in [0.1, 0.15) is 17.4 Å². The fraction of sp³-hybridized carbons (Fsp3) is 0.474. The zero-order valence-corrected chi connectivity index (χ0v) is 16.1. The SMILES string of the molecule is COCCN(Cc1csc(COc2ccc(C)cc2)n1)C(=O)C(C)C. The molecule has 0 N–H and O–H groups in total. The van der Waals surface area contributed by atoms with Crippen LogP contribution in [0, 0.1) is 12.8 Å². The molecule has 0 aliphatic carbocycles. The van der Waals surface area contributed by atoms with E-state index in [0.717, 1.165) is 16.5 Å². The molecule has 136 valence electrons. The number of hydrogen-bond donors (Lipinski definition) is 0. The summed E-state index contributed by atoms with van der Waals surface area (Å²) in [6, 6.07) is 7.96. The fourth-order valence-electron chi connectivity index (χ4n) is 2.30. The first-order chi connectivity index (χ1) is 12.0. The highest BCUT2D eigenvalue weighted by atomic mass is 32.1. The lowest BCUT2D eigenvalue weighted by Gasteiger charge is -2.23. The lowest BCUT2D eigenvalue weighted by atomic mass is 10.2. The summed E-state index contributed by atoms with van der Waals surface area (Å²) >= 11 is 1.55. The largest absolute Gasteiger partial charge is 0.486 e. The lowest BCUT2D eigenvalue weighted by molar-refractivity contribution is -0.135. The van der Waals surface area contributed by atoms with E-state index in [2.05, 4.69) is 4.98 Å². The highest BCUT2D eigenvalue weighted by Gasteiger charge is 2.18. The van der Waals surface area contributed by atoms with Crippen molar-refractivity contribution >= 4 is 17.2 Å². The molecule has 2 aromatic rings. The van der Waals surface area contributed by atoms with E-state index < -0.39 is 0 Å². The molecule has 0 aliphatic heterocycles. The smallest absolute Gasteiger partial charge is 0.225 e. The van der Waals surface area contributed by atoms with Gasteiger partial charge in [-0.2, -0.15) is 0 Å². The third-order valence-corrected chi connectivity index (χ3v) is 4.58. The average Bonchev–Trinajstić information content (AvgIpc) is 3.05. The van der Waals surface area contributed by atoms with Gasteiger partial charge >= 0.3 is 0 Å². The van der Waals surface area contributed by atoms with Crippen LogP contribution in [0.25, 0.3) is 0 Å². The van der Waals surface area contributed by atoms with Crippen molar-refractivity contribution in [2.45, 2.75) is 33.9 Å². The summed E-state index contributed by atoms with van der Waals surface area (Å²) in [6.07, 6.45) is 0. The van der Waals surface area contributed by atoms with E-state index in [0.29, 0.717) is 26.3 Å². The minimum atomic E-state index is -0.0418. The topological polar surface area (TPSA) is 51.7 Å². The zero-order chi connectivity index (χ0) is 18.2. The first kappa shape index (κ1) is 19.4. The molecular formula is C19H26N2O3S. The maximum Gasteiger partial charge on any atom is 0.225 e. The second kappa shape index (κ2) is 9.53. The summed E-state index contributed by atoms with van der Waals surface area (Å²) in [7, 11) is 1.64. The fourth-order valence-corrected chi connectivity index (χ4v) is 2.99. The number of nitrogens with zero attached hydrogens (tertiary/aromatic N) is 2. The maximum absolute atomic E-state index is 12.3. The number of aryl methyl sites for hydroxylation is 1. The van der Waals surface area contributed by atoms with Crippen LogP contribution in [0.4, 0.5) is 0 Å². The van der Waals surface area contributed by atoms with E-state index in [1.165, 1.54) is 5.56 Å². The van der Waals surface area contributed by atoms with E-state index in [1.807, 2.05) is 50.4 Å². The Morgan fingerprint density at radius 2 is 2.00 bits per heavy atom. The van der Waals surface area contributed by atoms with Gasteiger partial charge in [0.25, 0.3) is 0 Å². The van der Waals surface area contributed by atoms with Crippen LogP contribution >= 0.6 is 11.3 Å². The molecule has 1 amide bonds. The highest BCUT2D eigenvalue weighted by molar-refractivity contribution is 7.09. The number of hydrogen-bond acceptors (Lipinski definition) is 5. The Balaban J connectivity index is 1.93. The summed E-state index contributed by atoms with van der Waals surface area (Å²) in [4.78, 5) is 18.7. The molecule has 6 heteroatoms. The molecule has 0 aliphatic rings. The standard InChI is InChI=1S/C19H26N2O3S/c1-14(2)19(22)21(9-10-23-4)11-16-13-25-18(20-16)12-24-17-7-5-15(3)6-8-17/h5-8,13-14H,9-12H2,1-4H3. The number of rotatable bonds is 9. The number of methoxy groups -OCH3 is 1. The van der Waals surface area contributed by atoms with E-state index >= 15 is 0 Å². The van der Waals surface area contributed by atoms with Crippen LogP contribution in [-0.4, -0.2) is 36.1 Å². The number of carbonyl (C=O) groups is 1. The summed E-state index contributed by atoms with van der Waals surface area (Å²) < 4.78 is 10.9. The summed E-state index contributed by atoms with van der Waals surface area (Å²) in [5, 5.41) is 2.89. The van der Waals surface area contributed by atoms with E-state index in [1.54, 1.807) is 23.3 Å². The van der Waals surface area contributed by atoms with Crippen LogP contribution in [0.15, 0.2) is 29.6 Å². The van der Waals surface area contributed by atoms with Gasteiger partial charge in [0, 0.05) is 25.0 Å². The lowest BCUT2D eigenvalue weighted by Crippen LogP contribution is -2.36. The molecule has 2 rings (SSSR count). The maximum atomic E-state index is 12.3. The van der Waals surface area contributed by atoms with Crippen molar-refractivity contribution in [2.75, 3.05) is 20.3 Å². The Hall–Kier alpha value is -1.92. The number of thiazole rings is 1. The molecule has 0 saturated carbocycles. The van der Waals surface area contributed by atoms with Gasteiger partial charge in [0.05, 0.1) is 18.8 Å². The predicted molar refractivity (Wildman–Crippen MR) is 99.8 cm³/mol. The summed E-state index contributed by atoms with van der Waals surface area (Å²) in [6.45, 7) is 7.89. The first-order valence-electron chi connectivity index (χ1n) is 8.40. The van der Waals surface area contributed by atoms with Crippen molar-refractivity contribution in [2.24, 2.45) is 5.92 Å². The Morgan fingerprint density at radius 3 is 2.64 bits per heavy atom. The third-order valence-electron chi connectivity index (χ3n) is 3.71. The molecule has 5 nitrogen and oxygen atoms in total. The van der Waals surface area contributed by atoms with Gasteiger partial charge in [-0.1, -0.05) is 31.5 Å². The quantitative estimate of drug-likeness (QED) is 0.683. The molecule has 1 aromatic heterocycles. The number of carbonyl (C=O) groups excluding carboxylic acids is 1. The van der Waals surface area contributed by atoms with Gasteiger partial charge < -0.3 is 14.4 Å². The van der Waals surface area contributed by atoms with Crippen molar-refractivity contribution in [3.8, 4) is 5.75 Å². The average molecular weight is 362 g/mol. The van der Waals surface area contributed by atoms with E-state index in [4.69, 9.17) is 9.47 Å². The van der Waals surface area contributed by atoms with Crippen LogP contribution in [0.2, 0.25) is 0 Å². The molecule has 25 heavy (non-hydrogen) atoms. The number of amides is 1. The van der Waals surface area contributed by atoms with Gasteiger partial charge in [-0.25, -0.2) is 4.98 Å². The van der Waals surface area contributed by atoms with Gasteiger partial charge in [-0.3, -0.25) is 4.79 Å². The summed E-state index contributed by atoms with van der Waals surface area (Å²) in [5.41, 5.74) is 2.09. The van der Waals surface area contributed by atoms with Crippen molar-refractivity contribution in [3.05, 3.63) is 45.9 Å². The highest BCUT2D eigenvalue weighted by Crippen LogP contribution is 2.17. The van der Waals surface area contributed by atoms with Crippen molar-refractivity contribution < 1.29 is 14.3 Å². The van der Waals surface area contributed by atoms with E-state index in [-0.39, 0.29) is 11.8 Å². The van der Waals surface area contributed by atoms with Crippen LogP contribution in [0.1, 0.15) is 30.1 Å². The minimum Gasteiger partial charge on any atom is -0.486 e. The first-order valence-corrected chi connectivity index (χ1v) is 9.28. The molecule has 1 aromatic carbocycles. The molecule has 0 spiro atoms. The van der Waals surface area contributed by atoms with Gasteiger partial charge in [0.2, 0.25) is 5.91 Å². The molecule has 1 heterocycles. The monoisotopic (exact) mass is 362 g/mol. The zero-order valence-electron chi connectivity index (χ0n) is 15.3. The Labute approximate surface area is 153 Å². The van der Waals surface area contributed by atoms with Crippen LogP contribution in [0.3, 0.4) is 0 Å². The Bertz CT molecular complexity index is 668. The summed E-state index contributed by atoms with van der Waals surface area (Å²) in [5.74, 6) is 0.904. The molecule has 0 fully saturated rings. The molecule has 0 bridgehead atoms. The Morgan fingerprint density at radius 1 is 1.28 bits per heavy atom. The number of aromatic nitrogens is 1. The number of ether oxygens (including phenoxy) is 2. The van der Waals surface area contributed by atoms with Gasteiger partial charge in [0.15, 0.2) is 0 Å². The van der Waals surface area contributed by atoms with Crippen molar-refractivity contribution in [1.82, 2.24) is 9.88 Å². The molecule has 0 atom stereocenters. The second-order valence-corrected chi connectivity index (χ2v) is 7.18. The van der Waals surface area contributed by atoms with Crippen molar-refractivity contribution in [3.63, 3.8) is 0 Å². The normalized spacial score (nSPS) is 10.9. The molecular weight excluding hydrogens is 336 g/mol. The molecule has 0 radical (unpaired) electrons. The molecule has 0 unspecified atom stereocenters. The van der Waals surface area contributed by atoms with Crippen LogP contribution in [0.5, 0.6) is 5.75 Å². The van der Waals surface area contributed by atoms with Crippen molar-refractivity contribution in [1.29, 1.82) is 0 Å². The van der Waals surface area contributed by atoms with Gasteiger partial charge in [-0.05, 0) is 19.1 Å². The van der Waals surface area contributed by atoms with E-state index in [9.17, 15) is 4.79 Å². The van der Waals surface area contributed by atoms with Gasteiger partial charge in [-0.15, -0.1) is 11.3 Å². The number of benzene rings is 1. The Kier molecular flexibility index (Phi) is 7.40. The predicted octanol–water partition coefficient (Wildman–Crippen LogP) is 3.66. The second-order valence-electron chi connectivity index (χ2n) is 6.24. The third kappa shape index (κ3) is 6.14.